The van der Waals surface area contributed by atoms with Crippen LogP contribution in [-0.2, 0) is 10.0 Å². The van der Waals surface area contributed by atoms with Gasteiger partial charge in [-0.05, 0) is 24.6 Å². The van der Waals surface area contributed by atoms with Gasteiger partial charge in [0.2, 0.25) is 10.0 Å². The summed E-state index contributed by atoms with van der Waals surface area (Å²) < 4.78 is 21.9. The Balaban J connectivity index is 3.46. The summed E-state index contributed by atoms with van der Waals surface area (Å²) in [5.41, 5.74) is 0. The zero-order valence-corrected chi connectivity index (χ0v) is 8.96. The van der Waals surface area contributed by atoms with Gasteiger partial charge in [-0.15, -0.1) is 11.3 Å². The zero-order chi connectivity index (χ0) is 10.2. The van der Waals surface area contributed by atoms with E-state index in [-0.39, 0.29) is 9.77 Å². The van der Waals surface area contributed by atoms with Crippen LogP contribution in [0.2, 0.25) is 0 Å². The van der Waals surface area contributed by atoms with Crippen molar-refractivity contribution in [1.29, 1.82) is 0 Å². The number of nitrogens with two attached hydrogens (primary N) is 1. The van der Waals surface area contributed by atoms with Crippen molar-refractivity contribution in [3.63, 3.8) is 0 Å². The van der Waals surface area contributed by atoms with E-state index < -0.39 is 15.3 Å². The Hall–Kier alpha value is -0.430. The number of hydrogen-bond donors (Lipinski definition) is 1. The summed E-state index contributed by atoms with van der Waals surface area (Å²) in [6.07, 6.45) is 0. The summed E-state index contributed by atoms with van der Waals surface area (Å²) in [6, 6.07) is 1.33. The largest absolute Gasteiger partial charge is 0.275 e. The molecule has 4 nitrogen and oxygen atoms in total. The van der Waals surface area contributed by atoms with Crippen LogP contribution in [0.1, 0.15) is 14.5 Å². The summed E-state index contributed by atoms with van der Waals surface area (Å²) >= 11 is 6.19. The van der Waals surface area contributed by atoms with Crippen LogP contribution in [0.15, 0.2) is 11.0 Å². The Labute approximate surface area is 84.4 Å². The van der Waals surface area contributed by atoms with Crippen LogP contribution in [0.5, 0.6) is 0 Å². The molecule has 2 N–H and O–H groups in total. The molecule has 0 amide bonds. The average Bonchev–Trinajstić information content (AvgIpc) is 2.29. The van der Waals surface area contributed by atoms with E-state index in [1.165, 1.54) is 6.07 Å². The zero-order valence-electron chi connectivity index (χ0n) is 6.57. The molecule has 13 heavy (non-hydrogen) atoms. The lowest BCUT2D eigenvalue weighted by atomic mass is 10.4. The number of carbonyl (C=O) groups is 1. The van der Waals surface area contributed by atoms with Gasteiger partial charge < -0.3 is 0 Å². The van der Waals surface area contributed by atoms with E-state index in [1.54, 1.807) is 6.92 Å². The molecule has 1 rings (SSSR count). The van der Waals surface area contributed by atoms with Gasteiger partial charge in [0, 0.05) is 4.88 Å². The lowest BCUT2D eigenvalue weighted by Crippen LogP contribution is -2.13. The Kier molecular flexibility index (Phi) is 2.76. The Morgan fingerprint density at radius 2 is 2.15 bits per heavy atom. The highest BCUT2D eigenvalue weighted by molar-refractivity contribution is 7.89. The van der Waals surface area contributed by atoms with Crippen molar-refractivity contribution >= 4 is 38.2 Å². The van der Waals surface area contributed by atoms with Gasteiger partial charge in [-0.2, -0.15) is 0 Å². The van der Waals surface area contributed by atoms with Gasteiger partial charge in [0.25, 0.3) is 5.24 Å². The van der Waals surface area contributed by atoms with Crippen molar-refractivity contribution in [2.75, 3.05) is 0 Å². The molecular weight excluding hydrogens is 234 g/mol. The van der Waals surface area contributed by atoms with Crippen LogP contribution in [-0.4, -0.2) is 13.7 Å². The Morgan fingerprint density at radius 1 is 1.62 bits per heavy atom. The molecule has 0 aromatic carbocycles. The fraction of sp³-hybridized carbons (Fsp3) is 0.167. The topological polar surface area (TPSA) is 77.2 Å². The van der Waals surface area contributed by atoms with E-state index in [9.17, 15) is 13.2 Å². The molecule has 1 aromatic heterocycles. The van der Waals surface area contributed by atoms with Crippen molar-refractivity contribution in [2.45, 2.75) is 11.8 Å². The minimum absolute atomic E-state index is 0.0262. The van der Waals surface area contributed by atoms with E-state index >= 15 is 0 Å². The minimum atomic E-state index is -3.85. The summed E-state index contributed by atoms with van der Waals surface area (Å²) in [5, 5.41) is 4.07. The molecule has 0 saturated heterocycles. The first-order chi connectivity index (χ1) is 5.82. The molecule has 0 spiro atoms. The number of rotatable bonds is 2. The van der Waals surface area contributed by atoms with Crippen molar-refractivity contribution in [2.24, 2.45) is 5.14 Å². The maximum atomic E-state index is 10.9. The number of halogens is 1. The van der Waals surface area contributed by atoms with Crippen molar-refractivity contribution in [3.8, 4) is 0 Å². The van der Waals surface area contributed by atoms with Crippen LogP contribution >= 0.6 is 22.9 Å². The standard InChI is InChI=1S/C6H6ClNO3S2/c1-3-2-4(13(8,10)11)5(12-3)6(7)9/h2H,1H3,(H2,8,10,11). The maximum Gasteiger partial charge on any atom is 0.263 e. The van der Waals surface area contributed by atoms with E-state index in [0.717, 1.165) is 11.3 Å². The number of carbonyl (C=O) groups excluding carboxylic acids is 1. The molecule has 7 heteroatoms. The molecule has 0 aliphatic rings. The quantitative estimate of drug-likeness (QED) is 0.785. The fourth-order valence-corrected chi connectivity index (χ4v) is 3.09. The van der Waals surface area contributed by atoms with Gasteiger partial charge in [-0.25, -0.2) is 13.6 Å². The summed E-state index contributed by atoms with van der Waals surface area (Å²) in [6.45, 7) is 1.67. The SMILES string of the molecule is Cc1cc(S(N)(=O)=O)c(C(=O)Cl)s1. The molecule has 0 atom stereocenters. The van der Waals surface area contributed by atoms with Crippen LogP contribution in [0.25, 0.3) is 0 Å². The maximum absolute atomic E-state index is 10.9. The first-order valence-corrected chi connectivity index (χ1v) is 5.89. The Morgan fingerprint density at radius 3 is 2.46 bits per heavy atom. The van der Waals surface area contributed by atoms with Gasteiger partial charge in [0.15, 0.2) is 0 Å². The second-order valence-electron chi connectivity index (χ2n) is 2.37. The molecule has 0 fully saturated rings. The van der Waals surface area contributed by atoms with Gasteiger partial charge in [0.1, 0.15) is 9.77 Å². The molecular formula is C6H6ClNO3S2. The average molecular weight is 240 g/mol. The molecule has 0 radical (unpaired) electrons. The van der Waals surface area contributed by atoms with Gasteiger partial charge in [-0.1, -0.05) is 0 Å². The predicted octanol–water partition coefficient (Wildman–Crippen LogP) is 1.08. The molecule has 1 aromatic rings. The molecule has 0 aliphatic heterocycles. The number of aryl methyl sites for hydroxylation is 1. The number of primary sulfonamides is 1. The lowest BCUT2D eigenvalue weighted by Gasteiger charge is -1.94. The number of sulfonamides is 1. The molecule has 0 saturated carbocycles. The van der Waals surface area contributed by atoms with Gasteiger partial charge >= 0.3 is 0 Å². The van der Waals surface area contributed by atoms with E-state index in [0.29, 0.717) is 4.88 Å². The van der Waals surface area contributed by atoms with E-state index in [4.69, 9.17) is 16.7 Å². The molecule has 72 valence electrons. The lowest BCUT2D eigenvalue weighted by molar-refractivity contribution is 0.108. The smallest absolute Gasteiger partial charge is 0.263 e. The normalized spacial score (nSPS) is 11.6. The van der Waals surface area contributed by atoms with Gasteiger partial charge in [0.05, 0.1) is 0 Å². The molecule has 1 heterocycles. The molecule has 0 unspecified atom stereocenters. The van der Waals surface area contributed by atoms with Crippen molar-refractivity contribution in [1.82, 2.24) is 0 Å². The number of thiophene rings is 1. The summed E-state index contributed by atoms with van der Waals surface area (Å²) in [4.78, 5) is 11.2. The second-order valence-corrected chi connectivity index (χ2v) is 5.50. The minimum Gasteiger partial charge on any atom is -0.275 e. The molecule has 0 aliphatic carbocycles. The highest BCUT2D eigenvalue weighted by Crippen LogP contribution is 2.26. The van der Waals surface area contributed by atoms with Crippen LogP contribution in [0.3, 0.4) is 0 Å². The number of hydrogen-bond acceptors (Lipinski definition) is 4. The van der Waals surface area contributed by atoms with Crippen LogP contribution < -0.4 is 5.14 Å². The van der Waals surface area contributed by atoms with E-state index in [1.807, 2.05) is 0 Å². The summed E-state index contributed by atoms with van der Waals surface area (Å²) in [7, 11) is -3.85. The third-order valence-corrected chi connectivity index (χ3v) is 3.72. The van der Waals surface area contributed by atoms with Crippen molar-refractivity contribution in [3.05, 3.63) is 15.8 Å². The Bertz CT molecular complexity index is 448. The summed E-state index contributed by atoms with van der Waals surface area (Å²) in [5.74, 6) is 0. The first kappa shape index (κ1) is 10.6. The predicted molar refractivity (Wildman–Crippen MR) is 50.6 cm³/mol. The first-order valence-electron chi connectivity index (χ1n) is 3.15. The van der Waals surface area contributed by atoms with E-state index in [2.05, 4.69) is 0 Å². The van der Waals surface area contributed by atoms with Gasteiger partial charge in [-0.3, -0.25) is 4.79 Å². The van der Waals surface area contributed by atoms with Crippen molar-refractivity contribution < 1.29 is 13.2 Å². The van der Waals surface area contributed by atoms with Crippen LogP contribution in [0.4, 0.5) is 0 Å². The van der Waals surface area contributed by atoms with Crippen LogP contribution in [0, 0.1) is 6.92 Å². The third-order valence-electron chi connectivity index (χ3n) is 1.31. The fourth-order valence-electron chi connectivity index (χ4n) is 0.839. The monoisotopic (exact) mass is 239 g/mol. The highest BCUT2D eigenvalue weighted by Gasteiger charge is 2.20. The highest BCUT2D eigenvalue weighted by atomic mass is 35.5. The second kappa shape index (κ2) is 3.38. The third kappa shape index (κ3) is 2.28. The molecule has 0 bridgehead atoms.